The molecular formula is C14H15ClN4OS. The molecule has 0 spiro atoms. The molecule has 0 radical (unpaired) electrons. The van der Waals surface area contributed by atoms with Gasteiger partial charge in [-0.2, -0.15) is 5.26 Å². The maximum Gasteiger partial charge on any atom is 0.208 e. The molecule has 0 aliphatic heterocycles. The first kappa shape index (κ1) is 15.7. The Balaban J connectivity index is 1.82. The Kier molecular flexibility index (Phi) is 5.90. The van der Waals surface area contributed by atoms with Crippen molar-refractivity contribution in [2.24, 2.45) is 0 Å². The number of nitrogens with one attached hydrogen (secondary N) is 1. The molecule has 110 valence electrons. The maximum absolute atomic E-state index is 8.46. The van der Waals surface area contributed by atoms with Crippen LogP contribution >= 0.6 is 23.4 Å². The number of H-pyrrole nitrogens is 1. The van der Waals surface area contributed by atoms with Crippen LogP contribution in [0.4, 0.5) is 0 Å². The minimum atomic E-state index is 0.326. The van der Waals surface area contributed by atoms with Gasteiger partial charge in [0.25, 0.3) is 0 Å². The van der Waals surface area contributed by atoms with E-state index in [1.807, 2.05) is 25.1 Å². The van der Waals surface area contributed by atoms with Crippen LogP contribution < -0.4 is 4.74 Å². The molecule has 1 aromatic carbocycles. The summed E-state index contributed by atoms with van der Waals surface area (Å²) in [5.41, 5.74) is 0.973. The number of aryl methyl sites for hydroxylation is 1. The van der Waals surface area contributed by atoms with Crippen LogP contribution in [-0.4, -0.2) is 20.9 Å². The van der Waals surface area contributed by atoms with Crippen molar-refractivity contribution in [2.75, 3.05) is 5.75 Å². The van der Waals surface area contributed by atoms with E-state index in [0.717, 1.165) is 28.5 Å². The van der Waals surface area contributed by atoms with Gasteiger partial charge in [0.05, 0.1) is 6.07 Å². The van der Waals surface area contributed by atoms with E-state index in [2.05, 4.69) is 21.3 Å². The molecule has 5 nitrogen and oxygen atoms in total. The van der Waals surface area contributed by atoms with E-state index >= 15 is 0 Å². The summed E-state index contributed by atoms with van der Waals surface area (Å²) >= 11 is 7.49. The molecular weight excluding hydrogens is 308 g/mol. The van der Waals surface area contributed by atoms with Gasteiger partial charge in [-0.15, -0.1) is 5.10 Å². The normalized spacial score (nSPS) is 10.3. The third-order valence-electron chi connectivity index (χ3n) is 2.68. The third kappa shape index (κ3) is 4.96. The Bertz CT molecular complexity index is 638. The first-order chi connectivity index (χ1) is 10.2. The van der Waals surface area contributed by atoms with Crippen molar-refractivity contribution in [3.05, 3.63) is 34.6 Å². The van der Waals surface area contributed by atoms with Gasteiger partial charge in [0.15, 0.2) is 5.82 Å². The van der Waals surface area contributed by atoms with E-state index in [0.29, 0.717) is 24.0 Å². The number of nitrogens with zero attached hydrogens (tertiary/aromatic N) is 3. The van der Waals surface area contributed by atoms with Crippen molar-refractivity contribution in [3.8, 4) is 11.8 Å². The fourth-order valence-electron chi connectivity index (χ4n) is 1.58. The summed E-state index contributed by atoms with van der Waals surface area (Å²) in [4.78, 5) is 4.33. The van der Waals surface area contributed by atoms with E-state index in [1.165, 1.54) is 11.8 Å². The summed E-state index contributed by atoms with van der Waals surface area (Å²) in [6.45, 7) is 2.26. The van der Waals surface area contributed by atoms with Crippen molar-refractivity contribution >= 4 is 23.4 Å². The average molecular weight is 323 g/mol. The Morgan fingerprint density at radius 1 is 1.48 bits per heavy atom. The zero-order valence-electron chi connectivity index (χ0n) is 11.6. The summed E-state index contributed by atoms with van der Waals surface area (Å²) in [5.74, 6) is 2.25. The molecule has 0 amide bonds. The van der Waals surface area contributed by atoms with Gasteiger partial charge in [-0.05, 0) is 37.1 Å². The molecule has 1 heterocycles. The second-order valence-corrected chi connectivity index (χ2v) is 5.84. The number of hydrogen-bond acceptors (Lipinski definition) is 5. The average Bonchev–Trinajstić information content (AvgIpc) is 2.93. The highest BCUT2D eigenvalue weighted by molar-refractivity contribution is 7.99. The highest BCUT2D eigenvalue weighted by atomic mass is 35.5. The topological polar surface area (TPSA) is 74.6 Å². The monoisotopic (exact) mass is 322 g/mol. The fraction of sp³-hybridized carbons (Fsp3) is 0.357. The molecule has 0 atom stereocenters. The molecule has 1 aromatic heterocycles. The molecule has 2 aromatic rings. The molecule has 0 unspecified atom stereocenters. The van der Waals surface area contributed by atoms with Crippen LogP contribution in [0.3, 0.4) is 0 Å². The minimum Gasteiger partial charge on any atom is -0.486 e. The third-order valence-corrected chi connectivity index (χ3v) is 4.04. The van der Waals surface area contributed by atoms with Gasteiger partial charge in [-0.25, -0.2) is 4.98 Å². The Hall–Kier alpha value is -1.71. The molecule has 0 aliphatic carbocycles. The van der Waals surface area contributed by atoms with Gasteiger partial charge in [0.1, 0.15) is 12.4 Å². The smallest absolute Gasteiger partial charge is 0.208 e. The molecule has 0 saturated heterocycles. The minimum absolute atomic E-state index is 0.326. The Morgan fingerprint density at radius 3 is 3.10 bits per heavy atom. The fourth-order valence-corrected chi connectivity index (χ4v) is 2.45. The second kappa shape index (κ2) is 7.91. The van der Waals surface area contributed by atoms with E-state index in [1.54, 1.807) is 0 Å². The molecule has 0 aliphatic rings. The summed E-state index contributed by atoms with van der Waals surface area (Å²) < 4.78 is 5.64. The van der Waals surface area contributed by atoms with E-state index in [9.17, 15) is 0 Å². The van der Waals surface area contributed by atoms with E-state index in [-0.39, 0.29) is 0 Å². The van der Waals surface area contributed by atoms with Crippen molar-refractivity contribution in [1.82, 2.24) is 15.2 Å². The number of rotatable bonds is 7. The number of thioether (sulfide) groups is 1. The van der Waals surface area contributed by atoms with Crippen LogP contribution in [0.25, 0.3) is 0 Å². The highest BCUT2D eigenvalue weighted by Crippen LogP contribution is 2.21. The zero-order chi connectivity index (χ0) is 15.1. The number of nitriles is 1. The van der Waals surface area contributed by atoms with Gasteiger partial charge in [-0.3, -0.25) is 5.10 Å². The van der Waals surface area contributed by atoms with Crippen LogP contribution in [0.5, 0.6) is 5.75 Å². The number of benzene rings is 1. The Morgan fingerprint density at radius 2 is 2.33 bits per heavy atom. The quantitative estimate of drug-likeness (QED) is 0.621. The van der Waals surface area contributed by atoms with Crippen LogP contribution in [0, 0.1) is 18.3 Å². The van der Waals surface area contributed by atoms with Crippen molar-refractivity contribution < 1.29 is 4.74 Å². The van der Waals surface area contributed by atoms with Crippen molar-refractivity contribution in [1.29, 1.82) is 5.26 Å². The maximum atomic E-state index is 8.46. The predicted octanol–water partition coefficient (Wildman–Crippen LogP) is 3.74. The molecule has 0 fully saturated rings. The molecule has 0 bridgehead atoms. The molecule has 0 saturated carbocycles. The molecule has 2 rings (SSSR count). The lowest BCUT2D eigenvalue weighted by Crippen LogP contribution is -1.98. The van der Waals surface area contributed by atoms with Crippen LogP contribution in [-0.2, 0) is 6.61 Å². The molecule has 7 heteroatoms. The van der Waals surface area contributed by atoms with Gasteiger partial charge in [-0.1, -0.05) is 23.4 Å². The number of ether oxygens (including phenoxy) is 1. The summed E-state index contributed by atoms with van der Waals surface area (Å²) in [6, 6.07) is 7.63. The number of hydrogen-bond donors (Lipinski definition) is 1. The van der Waals surface area contributed by atoms with Crippen LogP contribution in [0.2, 0.25) is 5.02 Å². The predicted molar refractivity (Wildman–Crippen MR) is 82.5 cm³/mol. The van der Waals surface area contributed by atoms with Crippen molar-refractivity contribution in [3.63, 3.8) is 0 Å². The lowest BCUT2D eigenvalue weighted by molar-refractivity contribution is 0.296. The van der Waals surface area contributed by atoms with E-state index < -0.39 is 0 Å². The summed E-state index contributed by atoms with van der Waals surface area (Å²) in [6.07, 6.45) is 1.40. The number of unbranched alkanes of at least 4 members (excludes halogenated alkanes) is 1. The van der Waals surface area contributed by atoms with Gasteiger partial charge in [0, 0.05) is 17.2 Å². The first-order valence-corrected chi connectivity index (χ1v) is 7.85. The lowest BCUT2D eigenvalue weighted by atomic mass is 10.2. The Labute approximate surface area is 132 Å². The highest BCUT2D eigenvalue weighted by Gasteiger charge is 2.05. The standard InChI is InChI=1S/C14H15ClN4OS/c1-10-8-11(4-5-12(10)15)20-9-13-17-14(19-18-13)21-7-3-2-6-16/h4-5,8H,2-3,7,9H2,1H3,(H,17,18,19). The lowest BCUT2D eigenvalue weighted by Gasteiger charge is -2.05. The SMILES string of the molecule is Cc1cc(OCc2nc(SCCCC#N)n[nH]2)ccc1Cl. The van der Waals surface area contributed by atoms with Crippen molar-refractivity contribution in [2.45, 2.75) is 31.5 Å². The number of aromatic amines is 1. The van der Waals surface area contributed by atoms with E-state index in [4.69, 9.17) is 21.6 Å². The van der Waals surface area contributed by atoms with Gasteiger partial charge in [0.2, 0.25) is 5.16 Å². The summed E-state index contributed by atoms with van der Waals surface area (Å²) in [7, 11) is 0. The van der Waals surface area contributed by atoms with Crippen LogP contribution in [0.15, 0.2) is 23.4 Å². The largest absolute Gasteiger partial charge is 0.486 e. The van der Waals surface area contributed by atoms with Gasteiger partial charge < -0.3 is 4.74 Å². The van der Waals surface area contributed by atoms with Gasteiger partial charge >= 0.3 is 0 Å². The zero-order valence-corrected chi connectivity index (χ0v) is 13.2. The van der Waals surface area contributed by atoms with Crippen LogP contribution in [0.1, 0.15) is 24.2 Å². The second-order valence-electron chi connectivity index (χ2n) is 4.37. The number of aromatic nitrogens is 3. The number of halogens is 1. The summed E-state index contributed by atoms with van der Waals surface area (Å²) in [5, 5.41) is 16.8. The molecule has 21 heavy (non-hydrogen) atoms. The first-order valence-electron chi connectivity index (χ1n) is 6.49. The molecule has 1 N–H and O–H groups in total.